The molecule has 4 rings (SSSR count). The topological polar surface area (TPSA) is 98.5 Å². The summed E-state index contributed by atoms with van der Waals surface area (Å²) in [5.41, 5.74) is 10.1. The van der Waals surface area contributed by atoms with Gasteiger partial charge in [0.15, 0.2) is 5.60 Å². The number of sulfonamides is 1. The molecule has 164 valence electrons. The van der Waals surface area contributed by atoms with Crippen LogP contribution in [0.15, 0.2) is 42.1 Å². The van der Waals surface area contributed by atoms with Gasteiger partial charge in [-0.3, -0.25) is 4.72 Å². The van der Waals surface area contributed by atoms with Crippen molar-refractivity contribution < 1.29 is 17.9 Å². The number of halogens is 1. The minimum absolute atomic E-state index is 0.398. The van der Waals surface area contributed by atoms with Crippen LogP contribution in [0.25, 0.3) is 16.7 Å². The zero-order chi connectivity index (χ0) is 22.4. The highest BCUT2D eigenvalue weighted by atomic mass is 35.5. The lowest BCUT2D eigenvalue weighted by atomic mass is 9.81. The summed E-state index contributed by atoms with van der Waals surface area (Å²) in [6.07, 6.45) is 5.69. The number of rotatable bonds is 4. The third kappa shape index (κ3) is 4.16. The Bertz CT molecular complexity index is 1200. The maximum atomic E-state index is 12.8. The molecule has 2 aliphatic rings. The van der Waals surface area contributed by atoms with Crippen molar-refractivity contribution in [3.05, 3.63) is 58.2 Å². The first kappa shape index (κ1) is 21.7. The van der Waals surface area contributed by atoms with Crippen molar-refractivity contribution in [2.24, 2.45) is 5.73 Å². The fourth-order valence-electron chi connectivity index (χ4n) is 4.51. The molecule has 0 radical (unpaired) electrons. The normalized spacial score (nSPS) is 18.4. The number of aryl methyl sites for hydroxylation is 1. The first-order valence-electron chi connectivity index (χ1n) is 10.2. The van der Waals surface area contributed by atoms with E-state index in [2.05, 4.69) is 4.72 Å². The van der Waals surface area contributed by atoms with E-state index in [1.165, 1.54) is 0 Å². The number of hydrogen-bond acceptors (Lipinski definition) is 5. The fourth-order valence-corrected chi connectivity index (χ4v) is 5.33. The molecule has 31 heavy (non-hydrogen) atoms. The number of hydrogen-bond donors (Lipinski definition) is 2. The minimum Gasteiger partial charge on any atom is -0.449 e. The van der Waals surface area contributed by atoms with E-state index in [4.69, 9.17) is 22.1 Å². The lowest BCUT2D eigenvalue weighted by molar-refractivity contribution is -0.147. The third-order valence-corrected chi connectivity index (χ3v) is 6.89. The van der Waals surface area contributed by atoms with Crippen LogP contribution in [-0.2, 0) is 19.6 Å². The average molecular weight is 461 g/mol. The van der Waals surface area contributed by atoms with E-state index in [9.17, 15) is 13.2 Å². The smallest absolute Gasteiger partial charge is 0.341 e. The van der Waals surface area contributed by atoms with E-state index in [1.807, 2.05) is 19.1 Å². The fraction of sp³-hybridized carbons (Fsp3) is 0.348. The Kier molecular flexibility index (Phi) is 5.52. The van der Waals surface area contributed by atoms with Crippen LogP contribution in [0.3, 0.4) is 0 Å². The number of nitrogens with one attached hydrogen (secondary N) is 1. The van der Waals surface area contributed by atoms with E-state index in [0.29, 0.717) is 27.5 Å². The maximum Gasteiger partial charge on any atom is 0.341 e. The van der Waals surface area contributed by atoms with Gasteiger partial charge in [0.1, 0.15) is 0 Å². The van der Waals surface area contributed by atoms with Crippen LogP contribution in [-0.4, -0.2) is 26.2 Å². The number of carbonyl (C=O) groups excluding carboxylic acids is 1. The van der Waals surface area contributed by atoms with Crippen LogP contribution in [0, 0.1) is 6.92 Å². The second-order valence-electron chi connectivity index (χ2n) is 8.34. The van der Waals surface area contributed by atoms with Crippen molar-refractivity contribution in [2.75, 3.05) is 11.0 Å². The van der Waals surface area contributed by atoms with Crippen LogP contribution in [0.2, 0.25) is 5.02 Å². The first-order chi connectivity index (χ1) is 14.6. The summed E-state index contributed by atoms with van der Waals surface area (Å²) in [5, 5.41) is 0.440. The summed E-state index contributed by atoms with van der Waals surface area (Å²) in [4.78, 5) is 12.8. The second-order valence-corrected chi connectivity index (χ2v) is 10.5. The summed E-state index contributed by atoms with van der Waals surface area (Å²) in [6.45, 7) is 1.90. The van der Waals surface area contributed by atoms with Crippen molar-refractivity contribution in [3.63, 3.8) is 0 Å². The van der Waals surface area contributed by atoms with Gasteiger partial charge >= 0.3 is 5.97 Å². The molecule has 1 saturated carbocycles. The molecule has 2 aromatic carbocycles. The lowest BCUT2D eigenvalue weighted by Gasteiger charge is -2.32. The number of nitrogens with two attached hydrogens (primary N) is 1. The van der Waals surface area contributed by atoms with Gasteiger partial charge in [-0.2, -0.15) is 0 Å². The lowest BCUT2D eigenvalue weighted by Crippen LogP contribution is -2.37. The summed E-state index contributed by atoms with van der Waals surface area (Å²) >= 11 is 6.62. The number of anilines is 1. The molecule has 0 bridgehead atoms. The number of ether oxygens (including phenoxy) is 1. The Morgan fingerprint density at radius 3 is 2.48 bits per heavy atom. The Balaban J connectivity index is 1.75. The van der Waals surface area contributed by atoms with Gasteiger partial charge in [-0.15, -0.1) is 0 Å². The Morgan fingerprint density at radius 2 is 1.81 bits per heavy atom. The van der Waals surface area contributed by atoms with Crippen LogP contribution >= 0.6 is 11.6 Å². The molecule has 1 fully saturated rings. The molecular formula is C23H25ClN2O4S. The molecule has 1 aliphatic carbocycles. The van der Waals surface area contributed by atoms with Crippen molar-refractivity contribution in [1.82, 2.24) is 0 Å². The predicted octanol–water partition coefficient (Wildman–Crippen LogP) is 4.62. The summed E-state index contributed by atoms with van der Waals surface area (Å²) in [6, 6.07) is 10.6. The third-order valence-electron chi connectivity index (χ3n) is 5.97. The largest absolute Gasteiger partial charge is 0.449 e. The first-order valence-corrected chi connectivity index (χ1v) is 12.5. The Labute approximate surface area is 187 Å². The molecule has 8 heteroatoms. The van der Waals surface area contributed by atoms with Crippen LogP contribution in [0.4, 0.5) is 5.69 Å². The van der Waals surface area contributed by atoms with E-state index in [1.54, 1.807) is 24.3 Å². The molecule has 0 atom stereocenters. The SMILES string of the molecule is Cc1cc(-c2cccc(NS(C)(=O)=O)c2)c(Cl)cc1C1=C(N)C2(CCCCC2)OC1=O. The highest BCUT2D eigenvalue weighted by Gasteiger charge is 2.47. The number of benzene rings is 2. The molecule has 2 aromatic rings. The van der Waals surface area contributed by atoms with Crippen LogP contribution in [0.5, 0.6) is 0 Å². The zero-order valence-corrected chi connectivity index (χ0v) is 19.1. The molecule has 1 heterocycles. The summed E-state index contributed by atoms with van der Waals surface area (Å²) in [5.74, 6) is -0.398. The molecule has 0 unspecified atom stereocenters. The highest BCUT2D eigenvalue weighted by Crippen LogP contribution is 2.45. The van der Waals surface area contributed by atoms with Crippen LogP contribution in [0.1, 0.15) is 43.2 Å². The maximum absolute atomic E-state index is 12.8. The molecular weight excluding hydrogens is 436 g/mol. The summed E-state index contributed by atoms with van der Waals surface area (Å²) < 4.78 is 31.4. The second kappa shape index (κ2) is 7.88. The van der Waals surface area contributed by atoms with Gasteiger partial charge in [-0.05, 0) is 73.6 Å². The quantitative estimate of drug-likeness (QED) is 0.649. The van der Waals surface area contributed by atoms with Gasteiger partial charge in [0.05, 0.1) is 17.5 Å². The van der Waals surface area contributed by atoms with E-state index in [0.717, 1.165) is 55.1 Å². The Morgan fingerprint density at radius 1 is 1.10 bits per heavy atom. The van der Waals surface area contributed by atoms with E-state index < -0.39 is 21.6 Å². The number of carbonyl (C=O) groups is 1. The summed E-state index contributed by atoms with van der Waals surface area (Å²) in [7, 11) is -3.39. The zero-order valence-electron chi connectivity index (χ0n) is 17.5. The molecule has 0 saturated heterocycles. The van der Waals surface area contributed by atoms with Crippen molar-refractivity contribution in [1.29, 1.82) is 0 Å². The predicted molar refractivity (Wildman–Crippen MR) is 123 cm³/mol. The standard InChI is InChI=1S/C23H25ClN2O4S/c1-14-11-18(15-7-6-8-16(12-15)26-31(2,28)29)19(24)13-17(14)20-21(25)23(30-22(20)27)9-4-3-5-10-23/h6-8,11-13,26H,3-5,9-10,25H2,1-2H3. The van der Waals surface area contributed by atoms with Gasteiger partial charge in [-0.25, -0.2) is 13.2 Å². The van der Waals surface area contributed by atoms with Gasteiger partial charge in [0.25, 0.3) is 0 Å². The monoisotopic (exact) mass is 460 g/mol. The van der Waals surface area contributed by atoms with Crippen molar-refractivity contribution >= 4 is 38.9 Å². The molecule has 3 N–H and O–H groups in total. The van der Waals surface area contributed by atoms with Crippen LogP contribution < -0.4 is 10.5 Å². The minimum atomic E-state index is -3.39. The number of esters is 1. The molecule has 1 spiro atoms. The van der Waals surface area contributed by atoms with Crippen molar-refractivity contribution in [2.45, 2.75) is 44.6 Å². The molecule has 6 nitrogen and oxygen atoms in total. The molecule has 0 amide bonds. The van der Waals surface area contributed by atoms with Gasteiger partial charge in [0, 0.05) is 16.3 Å². The van der Waals surface area contributed by atoms with E-state index >= 15 is 0 Å². The van der Waals surface area contributed by atoms with Gasteiger partial charge in [0.2, 0.25) is 10.0 Å². The van der Waals surface area contributed by atoms with E-state index in [-0.39, 0.29) is 0 Å². The Hall–Kier alpha value is -2.51. The van der Waals surface area contributed by atoms with Crippen molar-refractivity contribution in [3.8, 4) is 11.1 Å². The highest BCUT2D eigenvalue weighted by molar-refractivity contribution is 7.92. The van der Waals surface area contributed by atoms with Gasteiger partial charge in [-0.1, -0.05) is 30.2 Å². The average Bonchev–Trinajstić information content (AvgIpc) is 2.92. The van der Waals surface area contributed by atoms with Gasteiger partial charge < -0.3 is 10.5 Å². The molecule has 0 aromatic heterocycles. The molecule has 1 aliphatic heterocycles.